The Hall–Kier alpha value is -1.85. The molecule has 120 valence electrons. The number of amides is 1. The lowest BCUT2D eigenvalue weighted by molar-refractivity contribution is -0.0230. The van der Waals surface area contributed by atoms with Crippen LogP contribution in [0.2, 0.25) is 5.02 Å². The number of oxazole rings is 1. The molecule has 1 aliphatic carbocycles. The zero-order valence-electron chi connectivity index (χ0n) is 12.6. The summed E-state index contributed by atoms with van der Waals surface area (Å²) in [5.41, 5.74) is 1.48. The first-order valence-electron chi connectivity index (χ1n) is 7.82. The Bertz CT molecular complexity index is 709. The third-order valence-electron chi connectivity index (χ3n) is 4.34. The third kappa shape index (κ3) is 2.99. The molecule has 1 saturated carbocycles. The highest BCUT2D eigenvalue weighted by molar-refractivity contribution is 6.30. The molecule has 1 aromatic carbocycles. The van der Waals surface area contributed by atoms with E-state index in [0.29, 0.717) is 36.3 Å². The molecule has 1 saturated heterocycles. The number of hydrogen-bond acceptors (Lipinski definition) is 4. The Kier molecular flexibility index (Phi) is 3.83. The van der Waals surface area contributed by atoms with Crippen LogP contribution in [0.4, 0.5) is 0 Å². The Labute approximate surface area is 139 Å². The maximum absolute atomic E-state index is 12.8. The van der Waals surface area contributed by atoms with Crippen LogP contribution in [0.25, 0.3) is 0 Å². The zero-order chi connectivity index (χ0) is 15.8. The zero-order valence-corrected chi connectivity index (χ0v) is 13.3. The van der Waals surface area contributed by atoms with Gasteiger partial charge in [-0.25, -0.2) is 4.98 Å². The fourth-order valence-electron chi connectivity index (χ4n) is 2.91. The van der Waals surface area contributed by atoms with Crippen LogP contribution in [-0.2, 0) is 4.74 Å². The van der Waals surface area contributed by atoms with Crippen molar-refractivity contribution in [2.45, 2.75) is 24.9 Å². The second-order valence-electron chi connectivity index (χ2n) is 6.00. The number of benzene rings is 1. The van der Waals surface area contributed by atoms with Gasteiger partial charge in [0.05, 0.1) is 13.2 Å². The van der Waals surface area contributed by atoms with Crippen LogP contribution in [0, 0.1) is 0 Å². The van der Waals surface area contributed by atoms with E-state index >= 15 is 0 Å². The van der Waals surface area contributed by atoms with Crippen LogP contribution >= 0.6 is 11.6 Å². The van der Waals surface area contributed by atoms with Crippen LogP contribution in [0.3, 0.4) is 0 Å². The Balaban J connectivity index is 1.51. The molecule has 4 rings (SSSR count). The number of carbonyl (C=O) groups is 1. The molecule has 6 heteroatoms. The smallest absolute Gasteiger partial charge is 0.276 e. The van der Waals surface area contributed by atoms with Gasteiger partial charge >= 0.3 is 0 Å². The molecule has 1 aliphatic heterocycles. The van der Waals surface area contributed by atoms with Crippen molar-refractivity contribution < 1.29 is 13.9 Å². The van der Waals surface area contributed by atoms with Crippen molar-refractivity contribution in [2.24, 2.45) is 0 Å². The summed E-state index contributed by atoms with van der Waals surface area (Å²) in [5.74, 6) is 1.04. The summed E-state index contributed by atoms with van der Waals surface area (Å²) in [6, 6.07) is 7.55. The number of rotatable bonds is 3. The summed E-state index contributed by atoms with van der Waals surface area (Å²) in [4.78, 5) is 18.7. The van der Waals surface area contributed by atoms with Gasteiger partial charge in [0.15, 0.2) is 12.1 Å². The summed E-state index contributed by atoms with van der Waals surface area (Å²) in [6.07, 6.45) is 3.39. The van der Waals surface area contributed by atoms with Gasteiger partial charge in [0.2, 0.25) is 0 Å². The van der Waals surface area contributed by atoms with Gasteiger partial charge in [0, 0.05) is 17.5 Å². The van der Waals surface area contributed by atoms with Crippen LogP contribution in [-0.4, -0.2) is 35.5 Å². The second-order valence-corrected chi connectivity index (χ2v) is 6.44. The first-order chi connectivity index (χ1) is 11.2. The van der Waals surface area contributed by atoms with Crippen LogP contribution in [0.5, 0.6) is 0 Å². The average Bonchev–Trinajstić information content (AvgIpc) is 3.32. The van der Waals surface area contributed by atoms with Gasteiger partial charge in [-0.1, -0.05) is 23.7 Å². The number of carbonyl (C=O) groups excluding carboxylic acids is 1. The molecule has 1 amide bonds. The lowest BCUT2D eigenvalue weighted by Crippen LogP contribution is -2.42. The van der Waals surface area contributed by atoms with Crippen molar-refractivity contribution in [2.75, 3.05) is 19.7 Å². The summed E-state index contributed by atoms with van der Waals surface area (Å²) < 4.78 is 11.2. The molecule has 2 aromatic rings. The SMILES string of the molecule is O=C(c1ncoc1C1CC1)N1CCO[C@@H](c2ccc(Cl)cc2)C1. The number of morpholine rings is 1. The van der Waals surface area contributed by atoms with E-state index in [4.69, 9.17) is 20.8 Å². The summed E-state index contributed by atoms with van der Waals surface area (Å²) in [5, 5.41) is 0.689. The summed E-state index contributed by atoms with van der Waals surface area (Å²) >= 11 is 5.93. The van der Waals surface area contributed by atoms with Crippen molar-refractivity contribution >= 4 is 17.5 Å². The van der Waals surface area contributed by atoms with Crippen LogP contribution < -0.4 is 0 Å². The van der Waals surface area contributed by atoms with Crippen molar-refractivity contribution in [3.05, 3.63) is 52.7 Å². The van der Waals surface area contributed by atoms with E-state index < -0.39 is 0 Å². The monoisotopic (exact) mass is 332 g/mol. The van der Waals surface area contributed by atoms with Gasteiger partial charge in [0.25, 0.3) is 5.91 Å². The molecule has 0 bridgehead atoms. The lowest BCUT2D eigenvalue weighted by atomic mass is 10.1. The van der Waals surface area contributed by atoms with E-state index in [9.17, 15) is 4.79 Å². The number of aromatic nitrogens is 1. The predicted molar refractivity (Wildman–Crippen MR) is 84.5 cm³/mol. The standard InChI is InChI=1S/C17H17ClN2O3/c18-13-5-3-11(4-6-13)14-9-20(7-8-22-14)17(21)15-16(12-1-2-12)23-10-19-15/h3-6,10,12,14H,1-2,7-9H2/t14-/m1/s1. The van der Waals surface area contributed by atoms with Crippen molar-refractivity contribution in [3.63, 3.8) is 0 Å². The van der Waals surface area contributed by atoms with Gasteiger partial charge in [0.1, 0.15) is 11.9 Å². The van der Waals surface area contributed by atoms with Gasteiger partial charge < -0.3 is 14.1 Å². The molecule has 0 radical (unpaired) electrons. The Morgan fingerprint density at radius 2 is 2.04 bits per heavy atom. The minimum atomic E-state index is -0.138. The molecule has 2 heterocycles. The lowest BCUT2D eigenvalue weighted by Gasteiger charge is -2.33. The topological polar surface area (TPSA) is 55.6 Å². The molecule has 0 spiro atoms. The predicted octanol–water partition coefficient (Wildman–Crippen LogP) is 3.42. The van der Waals surface area contributed by atoms with E-state index in [2.05, 4.69) is 4.98 Å². The van der Waals surface area contributed by atoms with E-state index in [1.54, 1.807) is 4.90 Å². The first kappa shape index (κ1) is 14.7. The van der Waals surface area contributed by atoms with E-state index in [1.165, 1.54) is 6.39 Å². The van der Waals surface area contributed by atoms with Crippen LogP contribution in [0.15, 0.2) is 35.1 Å². The van der Waals surface area contributed by atoms with E-state index in [0.717, 1.165) is 24.2 Å². The molecule has 0 unspecified atom stereocenters. The summed E-state index contributed by atoms with van der Waals surface area (Å²) in [7, 11) is 0. The largest absolute Gasteiger partial charge is 0.447 e. The number of ether oxygens (including phenoxy) is 1. The van der Waals surface area contributed by atoms with Crippen LogP contribution in [0.1, 0.15) is 46.7 Å². The molecular weight excluding hydrogens is 316 g/mol. The van der Waals surface area contributed by atoms with Gasteiger partial charge in [-0.05, 0) is 30.5 Å². The second kappa shape index (κ2) is 5.98. The van der Waals surface area contributed by atoms with E-state index in [-0.39, 0.29) is 12.0 Å². The molecular formula is C17H17ClN2O3. The minimum Gasteiger partial charge on any atom is -0.447 e. The van der Waals surface area contributed by atoms with E-state index in [1.807, 2.05) is 24.3 Å². The van der Waals surface area contributed by atoms with Crippen molar-refractivity contribution in [1.82, 2.24) is 9.88 Å². The molecule has 0 N–H and O–H groups in total. The number of nitrogens with zero attached hydrogens (tertiary/aromatic N) is 2. The highest BCUT2D eigenvalue weighted by Gasteiger charge is 2.35. The fraction of sp³-hybridized carbons (Fsp3) is 0.412. The van der Waals surface area contributed by atoms with Gasteiger partial charge in [-0.3, -0.25) is 4.79 Å². The Morgan fingerprint density at radius 3 is 2.78 bits per heavy atom. The molecule has 23 heavy (non-hydrogen) atoms. The highest BCUT2D eigenvalue weighted by Crippen LogP contribution is 2.41. The Morgan fingerprint density at radius 1 is 1.26 bits per heavy atom. The summed E-state index contributed by atoms with van der Waals surface area (Å²) in [6.45, 7) is 1.59. The number of hydrogen-bond donors (Lipinski definition) is 0. The minimum absolute atomic E-state index is 0.0667. The maximum Gasteiger partial charge on any atom is 0.276 e. The molecule has 5 nitrogen and oxygen atoms in total. The van der Waals surface area contributed by atoms with Gasteiger partial charge in [-0.2, -0.15) is 0 Å². The quantitative estimate of drug-likeness (QED) is 0.864. The number of halogens is 1. The maximum atomic E-state index is 12.8. The fourth-order valence-corrected chi connectivity index (χ4v) is 3.04. The molecule has 2 fully saturated rings. The highest BCUT2D eigenvalue weighted by atomic mass is 35.5. The molecule has 1 atom stereocenters. The first-order valence-corrected chi connectivity index (χ1v) is 8.20. The molecule has 1 aromatic heterocycles. The average molecular weight is 333 g/mol. The molecule has 2 aliphatic rings. The van der Waals surface area contributed by atoms with Crippen molar-refractivity contribution in [3.8, 4) is 0 Å². The van der Waals surface area contributed by atoms with Crippen molar-refractivity contribution in [1.29, 1.82) is 0 Å². The third-order valence-corrected chi connectivity index (χ3v) is 4.59. The normalized spacial score (nSPS) is 21.4. The van der Waals surface area contributed by atoms with Gasteiger partial charge in [-0.15, -0.1) is 0 Å².